The van der Waals surface area contributed by atoms with Crippen molar-refractivity contribution in [3.05, 3.63) is 0 Å². The van der Waals surface area contributed by atoms with E-state index in [-0.39, 0.29) is 6.42 Å². The smallest absolute Gasteiger partial charge is 0.304 e. The number of carboxylic acids is 1. The summed E-state index contributed by atoms with van der Waals surface area (Å²) >= 11 is 0. The summed E-state index contributed by atoms with van der Waals surface area (Å²) < 4.78 is 0. The van der Waals surface area contributed by atoms with Gasteiger partial charge >= 0.3 is 5.97 Å². The monoisotopic (exact) mass is 227 g/mol. The largest absolute Gasteiger partial charge is 0.481 e. The molecule has 94 valence electrons. The second-order valence-electron chi connectivity index (χ2n) is 5.43. The Morgan fingerprint density at radius 3 is 2.38 bits per heavy atom. The third-order valence-electron chi connectivity index (χ3n) is 3.33. The van der Waals surface area contributed by atoms with Crippen LogP contribution in [-0.2, 0) is 4.79 Å². The minimum absolute atomic E-state index is 0.280. The lowest BCUT2D eigenvalue weighted by Gasteiger charge is -2.29. The third-order valence-corrected chi connectivity index (χ3v) is 3.33. The first-order valence-electron chi connectivity index (χ1n) is 6.48. The Labute approximate surface area is 98.8 Å². The standard InChI is InChI=1S/C13H25NO2/c1-10(2)4-5-11(3)14(12-6-7-12)9-8-13(15)16/h10-12H,4-9H2,1-3H3,(H,15,16). The second-order valence-corrected chi connectivity index (χ2v) is 5.43. The van der Waals surface area contributed by atoms with E-state index in [9.17, 15) is 4.79 Å². The molecule has 0 saturated heterocycles. The van der Waals surface area contributed by atoms with E-state index in [1.807, 2.05) is 0 Å². The van der Waals surface area contributed by atoms with Crippen LogP contribution in [0.3, 0.4) is 0 Å². The van der Waals surface area contributed by atoms with Crippen molar-refractivity contribution in [1.82, 2.24) is 4.90 Å². The maximum Gasteiger partial charge on any atom is 0.304 e. The molecule has 1 aliphatic rings. The molecule has 3 heteroatoms. The Morgan fingerprint density at radius 1 is 1.31 bits per heavy atom. The van der Waals surface area contributed by atoms with Crippen LogP contribution in [0, 0.1) is 5.92 Å². The van der Waals surface area contributed by atoms with Gasteiger partial charge in [0.05, 0.1) is 6.42 Å². The van der Waals surface area contributed by atoms with Crippen molar-refractivity contribution >= 4 is 5.97 Å². The van der Waals surface area contributed by atoms with Crippen LogP contribution in [0.5, 0.6) is 0 Å². The lowest BCUT2D eigenvalue weighted by atomic mass is 10.0. The van der Waals surface area contributed by atoms with Gasteiger partial charge in [-0.25, -0.2) is 0 Å². The van der Waals surface area contributed by atoms with E-state index in [0.717, 1.165) is 12.5 Å². The summed E-state index contributed by atoms with van der Waals surface area (Å²) in [7, 11) is 0. The Bertz CT molecular complexity index is 224. The molecule has 0 aromatic heterocycles. The third kappa shape index (κ3) is 4.97. The predicted octanol–water partition coefficient (Wildman–Crippen LogP) is 2.75. The molecule has 3 nitrogen and oxygen atoms in total. The van der Waals surface area contributed by atoms with Gasteiger partial charge in [-0.2, -0.15) is 0 Å². The molecule has 0 amide bonds. The molecule has 1 fully saturated rings. The molecule has 1 atom stereocenters. The summed E-state index contributed by atoms with van der Waals surface area (Å²) in [6, 6.07) is 1.20. The van der Waals surface area contributed by atoms with Crippen LogP contribution in [0.1, 0.15) is 52.9 Å². The molecule has 0 heterocycles. The van der Waals surface area contributed by atoms with Crippen LogP contribution in [0.2, 0.25) is 0 Å². The molecule has 0 radical (unpaired) electrons. The fourth-order valence-corrected chi connectivity index (χ4v) is 2.13. The first kappa shape index (κ1) is 13.5. The van der Waals surface area contributed by atoms with Crippen LogP contribution in [0.4, 0.5) is 0 Å². The molecule has 1 rings (SSSR count). The highest BCUT2D eigenvalue weighted by Gasteiger charge is 2.31. The van der Waals surface area contributed by atoms with Crippen molar-refractivity contribution in [3.8, 4) is 0 Å². The van der Waals surface area contributed by atoms with Crippen molar-refractivity contribution in [2.45, 2.75) is 65.0 Å². The molecule has 16 heavy (non-hydrogen) atoms. The molecule has 0 aliphatic heterocycles. The minimum atomic E-state index is -0.679. The van der Waals surface area contributed by atoms with Crippen LogP contribution < -0.4 is 0 Å². The molecule has 0 bridgehead atoms. The van der Waals surface area contributed by atoms with Crippen LogP contribution >= 0.6 is 0 Å². The van der Waals surface area contributed by atoms with E-state index in [0.29, 0.717) is 12.1 Å². The summed E-state index contributed by atoms with van der Waals surface area (Å²) in [5.41, 5.74) is 0. The maximum absolute atomic E-state index is 10.6. The number of carbonyl (C=O) groups is 1. The zero-order valence-electron chi connectivity index (χ0n) is 10.8. The molecular weight excluding hydrogens is 202 g/mol. The minimum Gasteiger partial charge on any atom is -0.481 e. The fraction of sp³-hybridized carbons (Fsp3) is 0.923. The zero-order valence-corrected chi connectivity index (χ0v) is 10.8. The molecule has 1 aliphatic carbocycles. The van der Waals surface area contributed by atoms with Gasteiger partial charge < -0.3 is 5.11 Å². The SMILES string of the molecule is CC(C)CCC(C)N(CCC(=O)O)C1CC1. The second kappa shape index (κ2) is 6.24. The number of aliphatic carboxylic acids is 1. The van der Waals surface area contributed by atoms with Gasteiger partial charge in [-0.3, -0.25) is 9.69 Å². The van der Waals surface area contributed by atoms with E-state index < -0.39 is 5.97 Å². The van der Waals surface area contributed by atoms with Crippen molar-refractivity contribution < 1.29 is 9.90 Å². The fourth-order valence-electron chi connectivity index (χ4n) is 2.13. The van der Waals surface area contributed by atoms with Gasteiger partial charge in [0.2, 0.25) is 0 Å². The quantitative estimate of drug-likeness (QED) is 0.693. The normalized spacial score (nSPS) is 18.1. The summed E-state index contributed by atoms with van der Waals surface area (Å²) in [5.74, 6) is 0.0599. The van der Waals surface area contributed by atoms with E-state index in [1.165, 1.54) is 25.7 Å². The molecule has 1 unspecified atom stereocenters. The van der Waals surface area contributed by atoms with E-state index in [4.69, 9.17) is 5.11 Å². The molecule has 0 spiro atoms. The van der Waals surface area contributed by atoms with Gasteiger partial charge in [0.25, 0.3) is 0 Å². The van der Waals surface area contributed by atoms with Gasteiger partial charge in [0.1, 0.15) is 0 Å². The van der Waals surface area contributed by atoms with Crippen molar-refractivity contribution in [1.29, 1.82) is 0 Å². The Balaban J connectivity index is 2.33. The Kier molecular flexibility index (Phi) is 5.26. The van der Waals surface area contributed by atoms with Crippen molar-refractivity contribution in [3.63, 3.8) is 0 Å². The number of rotatable bonds is 8. The first-order valence-corrected chi connectivity index (χ1v) is 6.48. The number of hydrogen-bond donors (Lipinski definition) is 1. The molecular formula is C13H25NO2. The highest BCUT2D eigenvalue weighted by molar-refractivity contribution is 5.66. The van der Waals surface area contributed by atoms with Gasteiger partial charge in [-0.1, -0.05) is 13.8 Å². The van der Waals surface area contributed by atoms with Crippen molar-refractivity contribution in [2.75, 3.05) is 6.54 Å². The lowest BCUT2D eigenvalue weighted by molar-refractivity contribution is -0.137. The Morgan fingerprint density at radius 2 is 1.94 bits per heavy atom. The van der Waals surface area contributed by atoms with E-state index in [1.54, 1.807) is 0 Å². The maximum atomic E-state index is 10.6. The number of nitrogens with zero attached hydrogens (tertiary/aromatic N) is 1. The average Bonchev–Trinajstić information content (AvgIpc) is 2.98. The lowest BCUT2D eigenvalue weighted by Crippen LogP contribution is -2.37. The molecule has 1 N–H and O–H groups in total. The van der Waals surface area contributed by atoms with Crippen LogP contribution in [0.25, 0.3) is 0 Å². The van der Waals surface area contributed by atoms with E-state index >= 15 is 0 Å². The predicted molar refractivity (Wildman–Crippen MR) is 65.5 cm³/mol. The topological polar surface area (TPSA) is 40.5 Å². The summed E-state index contributed by atoms with van der Waals surface area (Å²) in [4.78, 5) is 13.0. The van der Waals surface area contributed by atoms with Gasteiger partial charge in [0, 0.05) is 18.6 Å². The van der Waals surface area contributed by atoms with Crippen LogP contribution in [-0.4, -0.2) is 34.6 Å². The molecule has 0 aromatic carbocycles. The Hall–Kier alpha value is -0.570. The molecule has 1 saturated carbocycles. The highest BCUT2D eigenvalue weighted by atomic mass is 16.4. The first-order chi connectivity index (χ1) is 7.50. The zero-order chi connectivity index (χ0) is 12.1. The molecule has 0 aromatic rings. The highest BCUT2D eigenvalue weighted by Crippen LogP contribution is 2.30. The summed E-state index contributed by atoms with van der Waals surface area (Å²) in [6.45, 7) is 7.44. The summed E-state index contributed by atoms with van der Waals surface area (Å²) in [6.07, 6.45) is 5.21. The van der Waals surface area contributed by atoms with Gasteiger partial charge in [-0.05, 0) is 38.5 Å². The van der Waals surface area contributed by atoms with E-state index in [2.05, 4.69) is 25.7 Å². The van der Waals surface area contributed by atoms with Gasteiger partial charge in [-0.15, -0.1) is 0 Å². The number of carboxylic acid groups (broad SMARTS) is 1. The average molecular weight is 227 g/mol. The van der Waals surface area contributed by atoms with Gasteiger partial charge in [0.15, 0.2) is 0 Å². The van der Waals surface area contributed by atoms with Crippen LogP contribution in [0.15, 0.2) is 0 Å². The van der Waals surface area contributed by atoms with Crippen molar-refractivity contribution in [2.24, 2.45) is 5.92 Å². The number of hydrogen-bond acceptors (Lipinski definition) is 2. The summed E-state index contributed by atoms with van der Waals surface area (Å²) in [5, 5.41) is 8.74.